The summed E-state index contributed by atoms with van der Waals surface area (Å²) in [6, 6.07) is -0.884. The number of rotatable bonds is 59. The van der Waals surface area contributed by atoms with Crippen molar-refractivity contribution in [3.05, 3.63) is 36.5 Å². The average molecular weight is 1080 g/mol. The second kappa shape index (κ2) is 55.5. The summed E-state index contributed by atoms with van der Waals surface area (Å²) in [6.45, 7) is 6.85. The van der Waals surface area contributed by atoms with E-state index in [-0.39, 0.29) is 31.5 Å². The van der Waals surface area contributed by atoms with Gasteiger partial charge in [0.1, 0.15) is 19.3 Å². The highest BCUT2D eigenvalue weighted by molar-refractivity contribution is 7.45. The number of nitrogens with one attached hydrogen (secondary N) is 1. The number of phosphoric acid groups is 1. The molecule has 0 aliphatic heterocycles. The molecule has 0 aliphatic rings. The highest BCUT2D eigenvalue weighted by atomic mass is 31.2. The van der Waals surface area contributed by atoms with Crippen LogP contribution in [0, 0.1) is 0 Å². The highest BCUT2D eigenvalue weighted by Crippen LogP contribution is 2.38. The summed E-state index contributed by atoms with van der Waals surface area (Å²) < 4.78 is 30.3. The summed E-state index contributed by atoms with van der Waals surface area (Å²) in [6.07, 6.45) is 66.8. The van der Waals surface area contributed by atoms with Crippen LogP contribution in [-0.4, -0.2) is 69.4 Å². The van der Waals surface area contributed by atoms with Crippen molar-refractivity contribution < 1.29 is 37.3 Å². The van der Waals surface area contributed by atoms with E-state index in [0.717, 1.165) is 64.2 Å². The Morgan fingerprint density at radius 2 is 0.813 bits per heavy atom. The maximum atomic E-state index is 13.5. The molecule has 75 heavy (non-hydrogen) atoms. The van der Waals surface area contributed by atoms with E-state index < -0.39 is 20.0 Å². The van der Waals surface area contributed by atoms with Crippen LogP contribution in [0.25, 0.3) is 0 Å². The smallest absolute Gasteiger partial charge is 0.306 e. The molecular formula is C65H125N2O7P. The van der Waals surface area contributed by atoms with Crippen molar-refractivity contribution in [2.24, 2.45) is 0 Å². The van der Waals surface area contributed by atoms with E-state index in [9.17, 15) is 19.0 Å². The van der Waals surface area contributed by atoms with Gasteiger partial charge in [-0.15, -0.1) is 0 Å². The number of phosphoric ester groups is 1. The molecule has 0 bridgehead atoms. The molecule has 0 radical (unpaired) electrons. The Bertz CT molecular complexity index is 1380. The van der Waals surface area contributed by atoms with Crippen molar-refractivity contribution in [3.8, 4) is 0 Å². The van der Waals surface area contributed by atoms with Crippen molar-refractivity contribution in [2.45, 2.75) is 328 Å². The Balaban J connectivity index is 5.09. The number of unbranched alkanes of at least 4 members (excludes halogenated alkanes) is 39. The molecule has 0 saturated heterocycles. The molecule has 0 aromatic rings. The molecule has 442 valence electrons. The molecule has 0 aromatic heterocycles. The van der Waals surface area contributed by atoms with Crippen LogP contribution < -0.4 is 10.2 Å². The topological polar surface area (TPSA) is 114 Å². The standard InChI is InChI=1S/C65H125N2O7P/c1-7-10-13-16-19-22-25-27-29-30-31-32-33-34-35-36-38-39-42-45-48-51-54-57-64(68)66-62(61-73-75(70,71)72-60-59-67(4,5)6)63(56-53-50-47-44-41-24-21-18-15-12-9-3)74-65(69)58-55-52-49-46-43-40-37-28-26-23-20-17-14-11-8-2/h19,22,27,29,53,56,62-63H,7-18,20-21,23-26,28,30-52,54-55,57-61H2,1-6H3,(H-,66,68,70,71)/b22-19-,29-27-,56-53-. The first-order valence-corrected chi connectivity index (χ1v) is 33.8. The summed E-state index contributed by atoms with van der Waals surface area (Å²) >= 11 is 0. The number of carbonyl (C=O) groups excluding carboxylic acids is 2. The minimum atomic E-state index is -4.69. The van der Waals surface area contributed by atoms with Gasteiger partial charge in [-0.1, -0.05) is 276 Å². The fraction of sp³-hybridized carbons (Fsp3) is 0.877. The Kier molecular flexibility index (Phi) is 54.2. The molecule has 0 aromatic carbocycles. The predicted molar refractivity (Wildman–Crippen MR) is 321 cm³/mol. The van der Waals surface area contributed by atoms with Crippen molar-refractivity contribution in [1.29, 1.82) is 0 Å². The van der Waals surface area contributed by atoms with Gasteiger partial charge in [0.05, 0.1) is 33.8 Å². The lowest BCUT2D eigenvalue weighted by molar-refractivity contribution is -0.870. The summed E-state index contributed by atoms with van der Waals surface area (Å²) in [7, 11) is 1.20. The number of hydrogen-bond acceptors (Lipinski definition) is 7. The molecule has 3 atom stereocenters. The number of nitrogens with zero attached hydrogens (tertiary/aromatic N) is 1. The number of allylic oxidation sites excluding steroid dienone is 5. The number of esters is 1. The summed E-state index contributed by atoms with van der Waals surface area (Å²) in [4.78, 5) is 40.0. The fourth-order valence-electron chi connectivity index (χ4n) is 9.55. The Morgan fingerprint density at radius 3 is 1.23 bits per heavy atom. The molecule has 9 nitrogen and oxygen atoms in total. The van der Waals surface area contributed by atoms with Gasteiger partial charge in [-0.2, -0.15) is 0 Å². The molecule has 0 heterocycles. The van der Waals surface area contributed by atoms with E-state index >= 15 is 0 Å². The van der Waals surface area contributed by atoms with Crippen molar-refractivity contribution in [3.63, 3.8) is 0 Å². The zero-order chi connectivity index (χ0) is 55.0. The number of amides is 1. The van der Waals surface area contributed by atoms with Crippen LogP contribution in [0.1, 0.15) is 316 Å². The third kappa shape index (κ3) is 56.8. The van der Waals surface area contributed by atoms with Crippen molar-refractivity contribution in [2.75, 3.05) is 40.9 Å². The summed E-state index contributed by atoms with van der Waals surface area (Å²) in [5, 5.41) is 3.04. The van der Waals surface area contributed by atoms with Crippen LogP contribution in [0.15, 0.2) is 36.5 Å². The quantitative estimate of drug-likeness (QED) is 0.0212. The lowest BCUT2D eigenvalue weighted by Crippen LogP contribution is -2.47. The predicted octanol–water partition coefficient (Wildman–Crippen LogP) is 19.3. The van der Waals surface area contributed by atoms with Gasteiger partial charge < -0.3 is 28.5 Å². The third-order valence-electron chi connectivity index (χ3n) is 14.6. The van der Waals surface area contributed by atoms with E-state index in [1.807, 2.05) is 33.3 Å². The van der Waals surface area contributed by atoms with Gasteiger partial charge in [-0.05, 0) is 63.9 Å². The number of hydrogen-bond donors (Lipinski definition) is 1. The van der Waals surface area contributed by atoms with Gasteiger partial charge in [0, 0.05) is 12.8 Å². The van der Waals surface area contributed by atoms with Crippen LogP contribution in [0.5, 0.6) is 0 Å². The molecule has 0 aliphatic carbocycles. The molecule has 0 spiro atoms. The lowest BCUT2D eigenvalue weighted by Gasteiger charge is -2.30. The van der Waals surface area contributed by atoms with Crippen LogP contribution in [-0.2, 0) is 27.9 Å². The lowest BCUT2D eigenvalue weighted by atomic mass is 10.0. The van der Waals surface area contributed by atoms with E-state index in [1.165, 1.54) is 218 Å². The Labute approximate surface area is 466 Å². The Morgan fingerprint density at radius 1 is 0.467 bits per heavy atom. The molecule has 0 fully saturated rings. The van der Waals surface area contributed by atoms with E-state index in [2.05, 4.69) is 50.4 Å². The summed E-state index contributed by atoms with van der Waals surface area (Å²) in [5.41, 5.74) is 0. The molecule has 0 saturated carbocycles. The molecular weight excluding hydrogens is 952 g/mol. The Hall–Kier alpha value is -1.77. The first-order valence-electron chi connectivity index (χ1n) is 32.3. The van der Waals surface area contributed by atoms with Gasteiger partial charge >= 0.3 is 5.97 Å². The fourth-order valence-corrected chi connectivity index (χ4v) is 10.3. The van der Waals surface area contributed by atoms with Crippen LogP contribution >= 0.6 is 7.82 Å². The average Bonchev–Trinajstić information content (AvgIpc) is 3.37. The second-order valence-corrected chi connectivity index (χ2v) is 24.7. The first kappa shape index (κ1) is 73.2. The zero-order valence-corrected chi connectivity index (χ0v) is 51.4. The van der Waals surface area contributed by atoms with Crippen LogP contribution in [0.2, 0.25) is 0 Å². The van der Waals surface area contributed by atoms with Crippen LogP contribution in [0.3, 0.4) is 0 Å². The third-order valence-corrected chi connectivity index (χ3v) is 15.5. The SMILES string of the molecule is CCCCC/C=C\C/C=C\CCCCCCCCCCCCCCCC(=O)NC(COP(=O)([O-])OCC[N+](C)(C)C)C(/C=C\CCCCCCCCCCC)OC(=O)CCCCCCCCCCCCCCCCC. The van der Waals surface area contributed by atoms with Gasteiger partial charge in [0.15, 0.2) is 0 Å². The van der Waals surface area contributed by atoms with Crippen molar-refractivity contribution >= 4 is 19.7 Å². The molecule has 1 N–H and O–H groups in total. The number of ether oxygens (including phenoxy) is 1. The second-order valence-electron chi connectivity index (χ2n) is 23.3. The number of likely N-dealkylation sites (N-methyl/N-ethyl adjacent to an activating group) is 1. The van der Waals surface area contributed by atoms with Crippen LogP contribution in [0.4, 0.5) is 0 Å². The molecule has 3 unspecified atom stereocenters. The van der Waals surface area contributed by atoms with Gasteiger partial charge in [0.25, 0.3) is 7.82 Å². The number of quaternary nitrogens is 1. The minimum absolute atomic E-state index is 0.0197. The monoisotopic (exact) mass is 1080 g/mol. The normalized spacial score (nSPS) is 13.9. The molecule has 1 amide bonds. The number of carbonyl (C=O) groups is 2. The minimum Gasteiger partial charge on any atom is -0.756 e. The summed E-state index contributed by atoms with van der Waals surface area (Å²) in [5.74, 6) is -0.527. The van der Waals surface area contributed by atoms with E-state index in [4.69, 9.17) is 13.8 Å². The van der Waals surface area contributed by atoms with E-state index in [1.54, 1.807) is 0 Å². The van der Waals surface area contributed by atoms with Gasteiger partial charge in [0.2, 0.25) is 5.91 Å². The zero-order valence-electron chi connectivity index (χ0n) is 50.5. The van der Waals surface area contributed by atoms with Crippen molar-refractivity contribution in [1.82, 2.24) is 5.32 Å². The molecule has 0 rings (SSSR count). The first-order chi connectivity index (χ1) is 36.4. The van der Waals surface area contributed by atoms with E-state index in [0.29, 0.717) is 17.4 Å². The maximum absolute atomic E-state index is 13.5. The van der Waals surface area contributed by atoms with Gasteiger partial charge in [-0.25, -0.2) is 0 Å². The highest BCUT2D eigenvalue weighted by Gasteiger charge is 2.27. The maximum Gasteiger partial charge on any atom is 0.306 e. The van der Waals surface area contributed by atoms with Gasteiger partial charge in [-0.3, -0.25) is 14.2 Å². The largest absolute Gasteiger partial charge is 0.756 e. The molecule has 10 heteroatoms.